The van der Waals surface area contributed by atoms with Crippen molar-refractivity contribution in [1.82, 2.24) is 0 Å². The number of aryl methyl sites for hydroxylation is 2. The molecule has 0 aliphatic rings. The van der Waals surface area contributed by atoms with Crippen LogP contribution in [0.25, 0.3) is 0 Å². The van der Waals surface area contributed by atoms with Crippen LogP contribution in [0.5, 0.6) is 0 Å². The Hall–Kier alpha value is -2.87. The third-order valence-electron chi connectivity index (χ3n) is 4.39. The second-order valence-electron chi connectivity index (χ2n) is 6.85. The highest BCUT2D eigenvalue weighted by molar-refractivity contribution is 7.92. The number of nitrogens with zero attached hydrogens (tertiary/aromatic N) is 1. The van der Waals surface area contributed by atoms with E-state index in [0.717, 1.165) is 17.4 Å². The molecule has 0 aliphatic carbocycles. The van der Waals surface area contributed by atoms with Crippen LogP contribution >= 0.6 is 0 Å². The number of anilines is 2. The maximum Gasteiger partial charge on any atom is 0.337 e. The molecule has 2 aromatic rings. The van der Waals surface area contributed by atoms with Crippen molar-refractivity contribution in [2.75, 3.05) is 29.5 Å². The van der Waals surface area contributed by atoms with Gasteiger partial charge in [-0.3, -0.25) is 9.10 Å². The van der Waals surface area contributed by atoms with E-state index in [1.165, 1.54) is 11.4 Å². The molecule has 29 heavy (non-hydrogen) atoms. The summed E-state index contributed by atoms with van der Waals surface area (Å²) < 4.78 is 30.5. The number of hydrogen-bond acceptors (Lipinski definition) is 5. The van der Waals surface area contributed by atoms with Crippen molar-refractivity contribution in [1.29, 1.82) is 0 Å². The minimum Gasteiger partial charge on any atom is -0.465 e. The zero-order valence-electron chi connectivity index (χ0n) is 17.1. The molecule has 0 spiro atoms. The molecule has 0 bridgehead atoms. The Labute approximate surface area is 171 Å². The summed E-state index contributed by atoms with van der Waals surface area (Å²) in [4.78, 5) is 23.6. The van der Waals surface area contributed by atoms with Crippen molar-refractivity contribution < 1.29 is 22.7 Å². The van der Waals surface area contributed by atoms with Crippen LogP contribution in [0, 0.1) is 13.8 Å². The number of amides is 1. The van der Waals surface area contributed by atoms with Gasteiger partial charge in [-0.25, -0.2) is 13.2 Å². The zero-order chi connectivity index (χ0) is 21.6. The number of carbonyl (C=O) groups excluding carboxylic acids is 2. The summed E-state index contributed by atoms with van der Waals surface area (Å²) in [6.45, 7) is 3.97. The van der Waals surface area contributed by atoms with E-state index in [2.05, 4.69) is 10.1 Å². The lowest BCUT2D eigenvalue weighted by molar-refractivity contribution is -0.116. The number of methoxy groups -OCH3 is 1. The first-order chi connectivity index (χ1) is 13.6. The smallest absolute Gasteiger partial charge is 0.337 e. The normalized spacial score (nSPS) is 11.0. The first kappa shape index (κ1) is 22.4. The van der Waals surface area contributed by atoms with Crippen LogP contribution in [0.1, 0.15) is 34.3 Å². The largest absolute Gasteiger partial charge is 0.465 e. The fourth-order valence-electron chi connectivity index (χ4n) is 2.87. The predicted octanol–water partition coefficient (Wildman–Crippen LogP) is 3.27. The molecule has 1 amide bonds. The molecular formula is C21H26N2O5S. The Morgan fingerprint density at radius 1 is 1.07 bits per heavy atom. The first-order valence-corrected chi connectivity index (χ1v) is 11.0. The van der Waals surface area contributed by atoms with Crippen molar-refractivity contribution in [3.05, 3.63) is 59.2 Å². The highest BCUT2D eigenvalue weighted by atomic mass is 32.2. The molecule has 0 radical (unpaired) electrons. The quantitative estimate of drug-likeness (QED) is 0.664. The van der Waals surface area contributed by atoms with Crippen molar-refractivity contribution in [2.24, 2.45) is 0 Å². The average molecular weight is 419 g/mol. The average Bonchev–Trinajstić information content (AvgIpc) is 2.66. The van der Waals surface area contributed by atoms with Gasteiger partial charge in [0.25, 0.3) is 0 Å². The van der Waals surface area contributed by atoms with Crippen LogP contribution in [0.3, 0.4) is 0 Å². The van der Waals surface area contributed by atoms with Gasteiger partial charge in [0.1, 0.15) is 0 Å². The Balaban J connectivity index is 1.98. The zero-order valence-corrected chi connectivity index (χ0v) is 17.9. The molecule has 0 unspecified atom stereocenters. The summed E-state index contributed by atoms with van der Waals surface area (Å²) >= 11 is 0. The van der Waals surface area contributed by atoms with Gasteiger partial charge in [-0.1, -0.05) is 12.1 Å². The number of esters is 1. The lowest BCUT2D eigenvalue weighted by Gasteiger charge is -2.24. The van der Waals surface area contributed by atoms with Gasteiger partial charge in [0.15, 0.2) is 0 Å². The van der Waals surface area contributed by atoms with Gasteiger partial charge in [0.05, 0.1) is 24.6 Å². The lowest BCUT2D eigenvalue weighted by atomic mass is 10.1. The third kappa shape index (κ3) is 6.32. The highest BCUT2D eigenvalue weighted by Gasteiger charge is 2.19. The van der Waals surface area contributed by atoms with E-state index in [-0.39, 0.29) is 18.9 Å². The summed E-state index contributed by atoms with van der Waals surface area (Å²) in [6.07, 6.45) is 1.69. The Morgan fingerprint density at radius 2 is 1.72 bits per heavy atom. The van der Waals surface area contributed by atoms with Crippen LogP contribution < -0.4 is 9.62 Å². The molecular weight excluding hydrogens is 392 g/mol. The van der Waals surface area contributed by atoms with Gasteiger partial charge in [-0.15, -0.1) is 0 Å². The molecule has 0 aromatic heterocycles. The molecule has 2 rings (SSSR count). The summed E-state index contributed by atoms with van der Waals surface area (Å²) in [5.41, 5.74) is 3.40. The van der Waals surface area contributed by atoms with Crippen LogP contribution in [0.4, 0.5) is 11.4 Å². The topological polar surface area (TPSA) is 92.8 Å². The fourth-order valence-corrected chi connectivity index (χ4v) is 3.88. The van der Waals surface area contributed by atoms with Gasteiger partial charge in [0, 0.05) is 18.7 Å². The fraction of sp³-hybridized carbons (Fsp3) is 0.333. The van der Waals surface area contributed by atoms with Crippen LogP contribution in [-0.2, 0) is 19.6 Å². The molecule has 0 atom stereocenters. The minimum atomic E-state index is -3.47. The molecule has 7 nitrogen and oxygen atoms in total. The van der Waals surface area contributed by atoms with E-state index in [4.69, 9.17) is 0 Å². The summed E-state index contributed by atoms with van der Waals surface area (Å²) in [6, 6.07) is 12.0. The number of carbonyl (C=O) groups is 2. The molecule has 2 aromatic carbocycles. The molecule has 8 heteroatoms. The molecule has 0 fully saturated rings. The number of sulfonamides is 1. The van der Waals surface area contributed by atoms with Crippen molar-refractivity contribution >= 4 is 33.3 Å². The van der Waals surface area contributed by atoms with E-state index in [0.29, 0.717) is 23.4 Å². The standard InChI is InChI=1S/C21H26N2O5S/c1-15-7-8-16(2)19(14-15)23(29(4,26)27)13-5-6-20(24)22-18-11-9-17(10-12-18)21(25)28-3/h7-12,14H,5-6,13H2,1-4H3,(H,22,24). The summed E-state index contributed by atoms with van der Waals surface area (Å²) in [5.74, 6) is -0.680. The Bertz CT molecular complexity index is 985. The van der Waals surface area contributed by atoms with E-state index in [1.54, 1.807) is 24.3 Å². The molecule has 0 saturated carbocycles. The number of benzene rings is 2. The molecule has 1 N–H and O–H groups in total. The van der Waals surface area contributed by atoms with Crippen molar-refractivity contribution in [3.63, 3.8) is 0 Å². The highest BCUT2D eigenvalue weighted by Crippen LogP contribution is 2.24. The molecule has 0 saturated heterocycles. The summed E-state index contributed by atoms with van der Waals surface area (Å²) in [7, 11) is -2.17. The van der Waals surface area contributed by atoms with E-state index in [9.17, 15) is 18.0 Å². The number of nitrogens with one attached hydrogen (secondary N) is 1. The van der Waals surface area contributed by atoms with Gasteiger partial charge in [-0.05, 0) is 61.7 Å². The van der Waals surface area contributed by atoms with E-state index < -0.39 is 16.0 Å². The molecule has 0 aliphatic heterocycles. The maximum absolute atomic E-state index is 12.3. The number of hydrogen-bond donors (Lipinski definition) is 1. The molecule has 0 heterocycles. The third-order valence-corrected chi connectivity index (χ3v) is 5.57. The van der Waals surface area contributed by atoms with Gasteiger partial charge < -0.3 is 10.1 Å². The minimum absolute atomic E-state index is 0.162. The van der Waals surface area contributed by atoms with E-state index >= 15 is 0 Å². The number of rotatable bonds is 8. The van der Waals surface area contributed by atoms with E-state index in [1.807, 2.05) is 32.0 Å². The second-order valence-corrected chi connectivity index (χ2v) is 8.75. The van der Waals surface area contributed by atoms with Gasteiger partial charge in [-0.2, -0.15) is 0 Å². The van der Waals surface area contributed by atoms with Crippen molar-refractivity contribution in [2.45, 2.75) is 26.7 Å². The van der Waals surface area contributed by atoms with Gasteiger partial charge in [0.2, 0.25) is 15.9 Å². The first-order valence-electron chi connectivity index (χ1n) is 9.15. The van der Waals surface area contributed by atoms with Crippen LogP contribution in [-0.4, -0.2) is 40.2 Å². The Kier molecular flexibility index (Phi) is 7.39. The second kappa shape index (κ2) is 9.56. The van der Waals surface area contributed by atoms with Crippen molar-refractivity contribution in [3.8, 4) is 0 Å². The van der Waals surface area contributed by atoms with Gasteiger partial charge >= 0.3 is 5.97 Å². The lowest BCUT2D eigenvalue weighted by Crippen LogP contribution is -2.32. The number of ether oxygens (including phenoxy) is 1. The summed E-state index contributed by atoms with van der Waals surface area (Å²) in [5, 5.41) is 2.74. The molecule has 156 valence electrons. The van der Waals surface area contributed by atoms with Crippen LogP contribution in [0.15, 0.2) is 42.5 Å². The Morgan fingerprint density at radius 3 is 2.31 bits per heavy atom. The SMILES string of the molecule is COC(=O)c1ccc(NC(=O)CCCN(c2cc(C)ccc2C)S(C)(=O)=O)cc1. The maximum atomic E-state index is 12.3. The predicted molar refractivity (Wildman–Crippen MR) is 114 cm³/mol. The monoisotopic (exact) mass is 418 g/mol. The van der Waals surface area contributed by atoms with Crippen LogP contribution in [0.2, 0.25) is 0 Å².